The van der Waals surface area contributed by atoms with E-state index >= 15 is 0 Å². The van der Waals surface area contributed by atoms with Gasteiger partial charge in [0.25, 0.3) is 0 Å². The molecule has 0 amide bonds. The normalized spacial score (nSPS) is 12.4. The van der Waals surface area contributed by atoms with Crippen LogP contribution in [0.25, 0.3) is 0 Å². The summed E-state index contributed by atoms with van der Waals surface area (Å²) in [7, 11) is 0. The van der Waals surface area contributed by atoms with Crippen LogP contribution in [0.15, 0.2) is 48.6 Å². The van der Waals surface area contributed by atoms with Crippen molar-refractivity contribution in [3.8, 4) is 0 Å². The summed E-state index contributed by atoms with van der Waals surface area (Å²) < 4.78 is 16.8. The van der Waals surface area contributed by atoms with Crippen molar-refractivity contribution in [2.45, 2.75) is 264 Å². The number of carbonyl (C=O) groups excluding carboxylic acids is 3. The summed E-state index contributed by atoms with van der Waals surface area (Å²) in [5.41, 5.74) is 0. The van der Waals surface area contributed by atoms with Gasteiger partial charge in [-0.3, -0.25) is 14.4 Å². The molecule has 0 heterocycles. The Hall–Kier alpha value is -2.63. The lowest BCUT2D eigenvalue weighted by Gasteiger charge is -2.18. The third-order valence-electron chi connectivity index (χ3n) is 11.1. The average Bonchev–Trinajstić information content (AvgIpc) is 3.24. The predicted molar refractivity (Wildman–Crippen MR) is 256 cm³/mol. The van der Waals surface area contributed by atoms with Gasteiger partial charge in [0.05, 0.1) is 0 Å². The zero-order valence-electron chi connectivity index (χ0n) is 39.7. The van der Waals surface area contributed by atoms with E-state index in [4.69, 9.17) is 14.2 Å². The van der Waals surface area contributed by atoms with Crippen molar-refractivity contribution in [2.75, 3.05) is 13.2 Å². The molecule has 0 aliphatic rings. The van der Waals surface area contributed by atoms with E-state index in [2.05, 4.69) is 69.4 Å². The van der Waals surface area contributed by atoms with Gasteiger partial charge < -0.3 is 14.2 Å². The van der Waals surface area contributed by atoms with Gasteiger partial charge in [-0.05, 0) is 77.0 Å². The molecule has 0 spiro atoms. The quantitative estimate of drug-likeness (QED) is 0.0263. The zero-order chi connectivity index (χ0) is 43.7. The first kappa shape index (κ1) is 57.4. The fourth-order valence-electron chi connectivity index (χ4n) is 7.22. The number of unbranched alkanes of at least 4 members (excludes halogenated alkanes) is 27. The summed E-state index contributed by atoms with van der Waals surface area (Å²) in [6.07, 6.45) is 58.1. The van der Waals surface area contributed by atoms with Crippen molar-refractivity contribution in [3.05, 3.63) is 48.6 Å². The molecule has 6 heteroatoms. The van der Waals surface area contributed by atoms with Crippen LogP contribution in [0.4, 0.5) is 0 Å². The summed E-state index contributed by atoms with van der Waals surface area (Å²) in [6.45, 7) is 6.48. The fraction of sp³-hybridized carbons (Fsp3) is 0.796. The molecule has 348 valence electrons. The number of esters is 3. The molecule has 0 aromatic rings. The second-order valence-corrected chi connectivity index (χ2v) is 17.1. The molecule has 60 heavy (non-hydrogen) atoms. The van der Waals surface area contributed by atoms with E-state index < -0.39 is 6.10 Å². The Morgan fingerprint density at radius 2 is 0.650 bits per heavy atom. The minimum atomic E-state index is -0.788. The molecular weight excluding hydrogens is 745 g/mol. The maximum absolute atomic E-state index is 12.8. The van der Waals surface area contributed by atoms with Crippen molar-refractivity contribution in [3.63, 3.8) is 0 Å². The number of hydrogen-bond donors (Lipinski definition) is 0. The number of hydrogen-bond acceptors (Lipinski definition) is 6. The minimum absolute atomic E-state index is 0.0853. The van der Waals surface area contributed by atoms with E-state index in [-0.39, 0.29) is 31.1 Å². The Morgan fingerprint density at radius 3 is 1.08 bits per heavy atom. The topological polar surface area (TPSA) is 78.9 Å². The van der Waals surface area contributed by atoms with Gasteiger partial charge >= 0.3 is 17.9 Å². The number of rotatable bonds is 46. The molecule has 0 aromatic heterocycles. The average molecular weight is 841 g/mol. The Labute approximate surface area is 371 Å². The van der Waals surface area contributed by atoms with Crippen LogP contribution < -0.4 is 0 Å². The largest absolute Gasteiger partial charge is 0.462 e. The van der Waals surface area contributed by atoms with Gasteiger partial charge in [-0.2, -0.15) is 0 Å². The highest BCUT2D eigenvalue weighted by atomic mass is 16.6. The molecule has 0 aromatic carbocycles. The monoisotopic (exact) mass is 841 g/mol. The van der Waals surface area contributed by atoms with Crippen molar-refractivity contribution < 1.29 is 28.6 Å². The summed E-state index contributed by atoms with van der Waals surface area (Å²) in [6, 6.07) is 0. The highest BCUT2D eigenvalue weighted by Crippen LogP contribution is 2.15. The highest BCUT2D eigenvalue weighted by molar-refractivity contribution is 5.71. The minimum Gasteiger partial charge on any atom is -0.462 e. The first-order chi connectivity index (χ1) is 29.5. The lowest BCUT2D eigenvalue weighted by atomic mass is 10.0. The number of carbonyl (C=O) groups is 3. The van der Waals surface area contributed by atoms with Gasteiger partial charge in [-0.15, -0.1) is 0 Å². The van der Waals surface area contributed by atoms with Crippen LogP contribution in [0, 0.1) is 0 Å². The molecule has 0 saturated heterocycles. The second-order valence-electron chi connectivity index (χ2n) is 17.1. The lowest BCUT2D eigenvalue weighted by molar-refractivity contribution is -0.167. The maximum atomic E-state index is 12.8. The van der Waals surface area contributed by atoms with E-state index in [1.165, 1.54) is 128 Å². The van der Waals surface area contributed by atoms with Crippen molar-refractivity contribution in [1.82, 2.24) is 0 Å². The van der Waals surface area contributed by atoms with Crippen molar-refractivity contribution in [1.29, 1.82) is 0 Å². The number of ether oxygens (including phenoxy) is 3. The van der Waals surface area contributed by atoms with Gasteiger partial charge in [0.1, 0.15) is 13.2 Å². The molecule has 0 fully saturated rings. The van der Waals surface area contributed by atoms with E-state index in [1.54, 1.807) is 0 Å². The van der Waals surface area contributed by atoms with Crippen molar-refractivity contribution in [2.24, 2.45) is 0 Å². The van der Waals surface area contributed by atoms with Crippen LogP contribution in [0.5, 0.6) is 0 Å². The van der Waals surface area contributed by atoms with Crippen LogP contribution >= 0.6 is 0 Å². The highest BCUT2D eigenvalue weighted by Gasteiger charge is 2.19. The van der Waals surface area contributed by atoms with Crippen LogP contribution in [0.1, 0.15) is 258 Å². The van der Waals surface area contributed by atoms with E-state index in [0.29, 0.717) is 19.3 Å². The molecule has 0 bridgehead atoms. The second kappa shape index (κ2) is 49.0. The molecule has 0 radical (unpaired) electrons. The first-order valence-corrected chi connectivity index (χ1v) is 25.6. The Kier molecular flexibility index (Phi) is 46.9. The maximum Gasteiger partial charge on any atom is 0.306 e. The molecule has 1 atom stereocenters. The van der Waals surface area contributed by atoms with Gasteiger partial charge in [0.15, 0.2) is 6.10 Å². The Balaban J connectivity index is 4.37. The SMILES string of the molecule is CC/C=C\C/C=C\C/C=C\CCCCCC(=O)OC(COC(=O)CCCCCCC/C=C\CCCCC)COC(=O)CCCCCCCCCCCCCCCCCCC. The van der Waals surface area contributed by atoms with Gasteiger partial charge in [0.2, 0.25) is 0 Å². The summed E-state index contributed by atoms with van der Waals surface area (Å²) in [5, 5.41) is 0. The van der Waals surface area contributed by atoms with Gasteiger partial charge in [-0.25, -0.2) is 0 Å². The summed E-state index contributed by atoms with van der Waals surface area (Å²) in [5.74, 6) is -0.918. The van der Waals surface area contributed by atoms with Crippen LogP contribution in [0.3, 0.4) is 0 Å². The van der Waals surface area contributed by atoms with Crippen LogP contribution in [0.2, 0.25) is 0 Å². The predicted octanol–water partition coefficient (Wildman–Crippen LogP) is 16.7. The summed E-state index contributed by atoms with van der Waals surface area (Å²) >= 11 is 0. The van der Waals surface area contributed by atoms with E-state index in [0.717, 1.165) is 89.9 Å². The zero-order valence-corrected chi connectivity index (χ0v) is 39.7. The molecule has 6 nitrogen and oxygen atoms in total. The third kappa shape index (κ3) is 46.4. The molecule has 0 N–H and O–H groups in total. The Bertz CT molecular complexity index is 1060. The van der Waals surface area contributed by atoms with Gasteiger partial charge in [0, 0.05) is 19.3 Å². The van der Waals surface area contributed by atoms with E-state index in [1.807, 2.05) is 0 Å². The van der Waals surface area contributed by atoms with Crippen molar-refractivity contribution >= 4 is 17.9 Å². The summed E-state index contributed by atoms with van der Waals surface area (Å²) in [4.78, 5) is 37.9. The molecular formula is C54H96O6. The fourth-order valence-corrected chi connectivity index (χ4v) is 7.22. The van der Waals surface area contributed by atoms with Crippen LogP contribution in [-0.2, 0) is 28.6 Å². The molecule has 0 aliphatic heterocycles. The molecule has 0 saturated carbocycles. The van der Waals surface area contributed by atoms with E-state index in [9.17, 15) is 14.4 Å². The smallest absolute Gasteiger partial charge is 0.306 e. The standard InChI is InChI=1S/C54H96O6/c1-4-7-10-13-16-19-22-25-26-27-28-30-32-35-38-41-44-47-53(56)59-50-51(49-58-52(55)46-43-40-37-34-31-24-21-18-15-12-9-6-3)60-54(57)48-45-42-39-36-33-29-23-20-17-14-11-8-5-2/h8,11,17-18,20-21,29,33,51H,4-7,9-10,12-16,19,22-28,30-32,34-50H2,1-3H3/b11-8-,20-17-,21-18-,33-29-. The van der Waals surface area contributed by atoms with Crippen LogP contribution in [-0.4, -0.2) is 37.2 Å². The molecule has 0 rings (SSSR count). The van der Waals surface area contributed by atoms with Gasteiger partial charge in [-0.1, -0.05) is 211 Å². The molecule has 1 unspecified atom stereocenters. The third-order valence-corrected chi connectivity index (χ3v) is 11.1. The number of allylic oxidation sites excluding steroid dienone is 8. The lowest BCUT2D eigenvalue weighted by Crippen LogP contribution is -2.30. The Morgan fingerprint density at radius 1 is 0.350 bits per heavy atom. The first-order valence-electron chi connectivity index (χ1n) is 25.6. The molecule has 0 aliphatic carbocycles.